The number of hydrogen-bond acceptors (Lipinski definition) is 2. The average Bonchev–Trinajstić information content (AvgIpc) is 2.48. The van der Waals surface area contributed by atoms with Crippen LogP contribution in [0.2, 0.25) is 5.02 Å². The van der Waals surface area contributed by atoms with Crippen molar-refractivity contribution in [2.24, 2.45) is 0 Å². The number of aromatic nitrogens is 1. The fraction of sp³-hybridized carbons (Fsp3) is 0.538. The normalized spacial score (nSPS) is 13.0. The standard InChI is InChI=1S/C13H12ClF7N2O2/c1-3-23(4-2)10(25)6-5-7(14)8(22-9(6)24)11(15,16)12(17,18)13(19,20)21/h5H,3-4H2,1-2H3,(H,22,24). The zero-order valence-corrected chi connectivity index (χ0v) is 13.5. The van der Waals surface area contributed by atoms with Gasteiger partial charge in [-0.25, -0.2) is 0 Å². The second-order valence-corrected chi connectivity index (χ2v) is 5.27. The Morgan fingerprint density at radius 2 is 1.60 bits per heavy atom. The third kappa shape index (κ3) is 3.60. The zero-order valence-electron chi connectivity index (χ0n) is 12.8. The molecule has 0 aliphatic rings. The molecule has 1 aromatic rings. The molecule has 0 bridgehead atoms. The number of carbonyl (C=O) groups excluding carboxylic acids is 1. The highest BCUT2D eigenvalue weighted by Crippen LogP contribution is 2.52. The van der Waals surface area contributed by atoms with Crippen LogP contribution in [0.3, 0.4) is 0 Å². The van der Waals surface area contributed by atoms with Crippen molar-refractivity contribution in [3.8, 4) is 0 Å². The maximum absolute atomic E-state index is 13.7. The number of halogens is 8. The highest BCUT2D eigenvalue weighted by atomic mass is 35.5. The lowest BCUT2D eigenvalue weighted by atomic mass is 10.1. The number of aromatic amines is 1. The lowest BCUT2D eigenvalue weighted by molar-refractivity contribution is -0.360. The van der Waals surface area contributed by atoms with Crippen molar-refractivity contribution in [3.05, 3.63) is 32.7 Å². The summed E-state index contributed by atoms with van der Waals surface area (Å²) >= 11 is 5.36. The lowest BCUT2D eigenvalue weighted by Gasteiger charge is -2.28. The minimum atomic E-state index is -6.59. The first-order chi connectivity index (χ1) is 11.2. The van der Waals surface area contributed by atoms with Crippen molar-refractivity contribution in [1.82, 2.24) is 9.88 Å². The Hall–Kier alpha value is -1.78. The number of hydrogen-bond donors (Lipinski definition) is 1. The maximum Gasteiger partial charge on any atom is 0.460 e. The number of H-pyrrole nitrogens is 1. The Morgan fingerprint density at radius 3 is 2.00 bits per heavy atom. The van der Waals surface area contributed by atoms with E-state index >= 15 is 0 Å². The minimum absolute atomic E-state index is 0.135. The summed E-state index contributed by atoms with van der Waals surface area (Å²) in [6.07, 6.45) is -6.59. The Morgan fingerprint density at radius 1 is 1.12 bits per heavy atom. The number of amides is 1. The number of nitrogens with zero attached hydrogens (tertiary/aromatic N) is 1. The van der Waals surface area contributed by atoms with Crippen molar-refractivity contribution in [3.63, 3.8) is 0 Å². The van der Waals surface area contributed by atoms with Gasteiger partial charge in [0.05, 0.1) is 5.02 Å². The smallest absolute Gasteiger partial charge is 0.339 e. The van der Waals surface area contributed by atoms with E-state index in [-0.39, 0.29) is 13.1 Å². The third-order valence-corrected chi connectivity index (χ3v) is 3.64. The van der Waals surface area contributed by atoms with Gasteiger partial charge in [-0.3, -0.25) is 9.59 Å². The van der Waals surface area contributed by atoms with E-state index in [1.165, 1.54) is 4.98 Å². The molecule has 1 amide bonds. The number of carbonyl (C=O) groups is 1. The van der Waals surface area contributed by atoms with Crippen molar-refractivity contribution >= 4 is 17.5 Å². The Bertz CT molecular complexity index is 711. The quantitative estimate of drug-likeness (QED) is 0.770. The van der Waals surface area contributed by atoms with Gasteiger partial charge in [0.1, 0.15) is 11.3 Å². The topological polar surface area (TPSA) is 53.2 Å². The molecule has 0 atom stereocenters. The summed E-state index contributed by atoms with van der Waals surface area (Å²) in [5.41, 5.74) is -4.45. The molecule has 1 rings (SSSR count). The van der Waals surface area contributed by atoms with E-state index in [2.05, 4.69) is 0 Å². The fourth-order valence-corrected chi connectivity index (χ4v) is 2.18. The van der Waals surface area contributed by atoms with Crippen LogP contribution in [0, 0.1) is 0 Å². The Kier molecular flexibility index (Phi) is 5.83. The molecule has 1 aromatic heterocycles. The van der Waals surface area contributed by atoms with E-state index in [9.17, 15) is 40.3 Å². The van der Waals surface area contributed by atoms with Crippen molar-refractivity contribution in [2.45, 2.75) is 31.9 Å². The molecule has 142 valence electrons. The molecular formula is C13H12ClF7N2O2. The van der Waals surface area contributed by atoms with Crippen molar-refractivity contribution < 1.29 is 35.5 Å². The van der Waals surface area contributed by atoms with Gasteiger partial charge in [0.15, 0.2) is 0 Å². The number of rotatable bonds is 5. The summed E-state index contributed by atoms with van der Waals surface area (Å²) in [5.74, 6) is -13.3. The monoisotopic (exact) mass is 396 g/mol. The first-order valence-corrected chi connectivity index (χ1v) is 7.15. The molecule has 1 heterocycles. The Balaban J connectivity index is 3.51. The summed E-state index contributed by atoms with van der Waals surface area (Å²) in [6.45, 7) is 3.36. The molecule has 0 unspecified atom stereocenters. The van der Waals surface area contributed by atoms with Crippen molar-refractivity contribution in [1.29, 1.82) is 0 Å². The number of nitrogens with one attached hydrogen (secondary N) is 1. The molecule has 0 fully saturated rings. The number of alkyl halides is 7. The highest BCUT2D eigenvalue weighted by molar-refractivity contribution is 6.31. The predicted molar refractivity (Wildman–Crippen MR) is 74.2 cm³/mol. The van der Waals surface area contributed by atoms with Gasteiger partial charge in [-0.1, -0.05) is 11.6 Å². The van der Waals surface area contributed by atoms with Crippen LogP contribution in [-0.4, -0.2) is 41.0 Å². The van der Waals surface area contributed by atoms with Crippen LogP contribution in [0.25, 0.3) is 0 Å². The second-order valence-electron chi connectivity index (χ2n) is 4.86. The van der Waals surface area contributed by atoms with Crippen molar-refractivity contribution in [2.75, 3.05) is 13.1 Å². The highest BCUT2D eigenvalue weighted by Gasteiger charge is 2.74. The lowest BCUT2D eigenvalue weighted by Crippen LogP contribution is -2.51. The SMILES string of the molecule is CCN(CC)C(=O)c1cc(Cl)c(C(F)(F)C(F)(F)C(F)(F)F)[nH]c1=O. The van der Waals surface area contributed by atoms with Gasteiger partial charge in [-0.2, -0.15) is 30.7 Å². The second kappa shape index (κ2) is 6.85. The zero-order chi connectivity index (χ0) is 19.8. The van der Waals surface area contributed by atoms with E-state index < -0.39 is 45.8 Å². The molecule has 12 heteroatoms. The van der Waals surface area contributed by atoms with Gasteiger partial charge in [-0.05, 0) is 19.9 Å². The van der Waals surface area contributed by atoms with Gasteiger partial charge >= 0.3 is 18.0 Å². The summed E-state index contributed by atoms with van der Waals surface area (Å²) in [6, 6.07) is 0.344. The van der Waals surface area contributed by atoms with E-state index in [0.29, 0.717) is 6.07 Å². The maximum atomic E-state index is 13.7. The molecule has 25 heavy (non-hydrogen) atoms. The van der Waals surface area contributed by atoms with Gasteiger partial charge in [0.25, 0.3) is 11.5 Å². The summed E-state index contributed by atoms with van der Waals surface area (Å²) in [5, 5.41) is -1.30. The first kappa shape index (κ1) is 21.3. The van der Waals surface area contributed by atoms with Gasteiger partial charge in [-0.15, -0.1) is 0 Å². The molecule has 0 radical (unpaired) electrons. The van der Waals surface area contributed by atoms with E-state index in [1.807, 2.05) is 0 Å². The summed E-state index contributed by atoms with van der Waals surface area (Å²) < 4.78 is 90.2. The van der Waals surface area contributed by atoms with Crippen LogP contribution >= 0.6 is 11.6 Å². The molecule has 0 aromatic carbocycles. The molecule has 0 aliphatic heterocycles. The first-order valence-electron chi connectivity index (χ1n) is 6.77. The fourth-order valence-electron chi connectivity index (χ4n) is 1.91. The Labute approximate surface area is 141 Å². The summed E-state index contributed by atoms with van der Waals surface area (Å²) in [7, 11) is 0. The molecular weight excluding hydrogens is 385 g/mol. The van der Waals surface area contributed by atoms with Crippen LogP contribution in [0.15, 0.2) is 10.9 Å². The molecule has 0 spiro atoms. The van der Waals surface area contributed by atoms with Gasteiger partial charge in [0.2, 0.25) is 0 Å². The van der Waals surface area contributed by atoms with Crippen LogP contribution < -0.4 is 5.56 Å². The van der Waals surface area contributed by atoms with Crippen LogP contribution in [0.4, 0.5) is 30.7 Å². The molecule has 0 aliphatic carbocycles. The summed E-state index contributed by atoms with van der Waals surface area (Å²) in [4.78, 5) is 26.1. The predicted octanol–water partition coefficient (Wildman–Crippen LogP) is 3.80. The van der Waals surface area contributed by atoms with E-state index in [4.69, 9.17) is 11.6 Å². The van der Waals surface area contributed by atoms with Crippen LogP contribution in [0.5, 0.6) is 0 Å². The molecule has 0 saturated heterocycles. The van der Waals surface area contributed by atoms with Gasteiger partial charge in [0, 0.05) is 13.1 Å². The number of pyridine rings is 1. The molecule has 4 nitrogen and oxygen atoms in total. The molecule has 1 N–H and O–H groups in total. The largest absolute Gasteiger partial charge is 0.460 e. The minimum Gasteiger partial charge on any atom is -0.339 e. The van der Waals surface area contributed by atoms with E-state index in [1.54, 1.807) is 13.8 Å². The molecule has 0 saturated carbocycles. The van der Waals surface area contributed by atoms with Crippen LogP contribution in [0.1, 0.15) is 29.9 Å². The van der Waals surface area contributed by atoms with E-state index in [0.717, 1.165) is 4.90 Å². The average molecular weight is 397 g/mol. The van der Waals surface area contributed by atoms with Crippen LogP contribution in [-0.2, 0) is 5.92 Å². The van der Waals surface area contributed by atoms with Gasteiger partial charge < -0.3 is 9.88 Å². The third-order valence-electron chi connectivity index (χ3n) is 3.34.